The number of aromatic nitrogens is 6. The number of imidazole rings is 1. The zero-order valence-electron chi connectivity index (χ0n) is 20.5. The summed E-state index contributed by atoms with van der Waals surface area (Å²) in [5.41, 5.74) is 2.87. The first-order chi connectivity index (χ1) is 17.2. The van der Waals surface area contributed by atoms with E-state index in [2.05, 4.69) is 44.8 Å². The lowest BCUT2D eigenvalue weighted by atomic mass is 10.2. The van der Waals surface area contributed by atoms with Gasteiger partial charge in [-0.2, -0.15) is 5.10 Å². The largest absolute Gasteiger partial charge is 0.451 e. The fraction of sp³-hybridized carbons (Fsp3) is 0.280. The Morgan fingerprint density at radius 3 is 2.61 bits per heavy atom. The zero-order chi connectivity index (χ0) is 25.4. The highest BCUT2D eigenvalue weighted by Gasteiger charge is 2.22. The van der Waals surface area contributed by atoms with Crippen molar-refractivity contribution in [1.29, 1.82) is 0 Å². The van der Waals surface area contributed by atoms with Gasteiger partial charge >= 0.3 is 0 Å². The van der Waals surface area contributed by atoms with E-state index in [1.165, 1.54) is 6.07 Å². The molecule has 0 saturated carbocycles. The molecule has 0 saturated heterocycles. The Balaban J connectivity index is 1.46. The molecule has 0 aliphatic carbocycles. The van der Waals surface area contributed by atoms with E-state index in [-0.39, 0.29) is 23.5 Å². The fourth-order valence-corrected chi connectivity index (χ4v) is 4.56. The second-order valence-electron chi connectivity index (χ2n) is 9.80. The summed E-state index contributed by atoms with van der Waals surface area (Å²) in [7, 11) is -1.26. The third-order valence-electron chi connectivity index (χ3n) is 5.82. The van der Waals surface area contributed by atoms with E-state index in [0.29, 0.717) is 29.2 Å². The number of rotatable bonds is 8. The van der Waals surface area contributed by atoms with E-state index < -0.39 is 25.5 Å². The summed E-state index contributed by atoms with van der Waals surface area (Å²) in [6, 6.07) is 7.04. The molecule has 0 spiro atoms. The minimum absolute atomic E-state index is 0.122. The monoisotopic (exact) mass is 508 g/mol. The van der Waals surface area contributed by atoms with Crippen LogP contribution in [0, 0.1) is 18.6 Å². The fourth-order valence-electron chi connectivity index (χ4n) is 3.81. The van der Waals surface area contributed by atoms with Crippen molar-refractivity contribution in [3.8, 4) is 22.8 Å². The van der Waals surface area contributed by atoms with Gasteiger partial charge in [-0.25, -0.2) is 18.7 Å². The predicted octanol–water partition coefficient (Wildman–Crippen LogP) is 6.06. The number of H-pyrrole nitrogens is 1. The van der Waals surface area contributed by atoms with Crippen molar-refractivity contribution in [3.63, 3.8) is 0 Å². The minimum Gasteiger partial charge on any atom is -0.451 e. The van der Waals surface area contributed by atoms with Crippen LogP contribution in [-0.4, -0.2) is 44.4 Å². The topological polar surface area (TPSA) is 90.7 Å². The van der Waals surface area contributed by atoms with E-state index in [1.807, 2.05) is 0 Å². The van der Waals surface area contributed by atoms with Gasteiger partial charge in [0.1, 0.15) is 23.8 Å². The van der Waals surface area contributed by atoms with Crippen LogP contribution in [0.2, 0.25) is 25.7 Å². The van der Waals surface area contributed by atoms with Crippen LogP contribution in [0.3, 0.4) is 0 Å². The van der Waals surface area contributed by atoms with Crippen LogP contribution >= 0.6 is 0 Å². The van der Waals surface area contributed by atoms with Crippen LogP contribution in [0.4, 0.5) is 8.78 Å². The number of ether oxygens (including phenoxy) is 2. The van der Waals surface area contributed by atoms with Crippen LogP contribution in [0.25, 0.3) is 33.3 Å². The van der Waals surface area contributed by atoms with Gasteiger partial charge in [0, 0.05) is 38.6 Å². The van der Waals surface area contributed by atoms with Gasteiger partial charge in [-0.3, -0.25) is 10.1 Å². The van der Waals surface area contributed by atoms with Crippen LogP contribution in [0.15, 0.2) is 42.9 Å². The van der Waals surface area contributed by atoms with Crippen molar-refractivity contribution in [2.24, 2.45) is 0 Å². The van der Waals surface area contributed by atoms with Crippen molar-refractivity contribution in [2.75, 3.05) is 6.61 Å². The predicted molar refractivity (Wildman–Crippen MR) is 136 cm³/mol. The number of aromatic amines is 1. The van der Waals surface area contributed by atoms with E-state index in [0.717, 1.165) is 11.6 Å². The van der Waals surface area contributed by atoms with Crippen molar-refractivity contribution in [1.82, 2.24) is 29.7 Å². The summed E-state index contributed by atoms with van der Waals surface area (Å²) in [5.74, 6) is -1.43. The molecule has 5 rings (SSSR count). The van der Waals surface area contributed by atoms with E-state index in [1.54, 1.807) is 48.3 Å². The van der Waals surface area contributed by atoms with Crippen molar-refractivity contribution < 1.29 is 18.3 Å². The van der Waals surface area contributed by atoms with Crippen LogP contribution in [0.1, 0.15) is 5.82 Å². The number of halogens is 2. The lowest BCUT2D eigenvalue weighted by Gasteiger charge is -2.16. The van der Waals surface area contributed by atoms with Gasteiger partial charge in [0.05, 0.1) is 34.6 Å². The highest BCUT2D eigenvalue weighted by Crippen LogP contribution is 2.34. The number of fused-ring (bicyclic) bond motifs is 2. The van der Waals surface area contributed by atoms with Gasteiger partial charge in [0.2, 0.25) is 5.75 Å². The Hall–Kier alpha value is -3.70. The molecular formula is C25H26F2N6O2Si. The molecule has 11 heteroatoms. The molecule has 0 bridgehead atoms. The Kier molecular flexibility index (Phi) is 6.27. The lowest BCUT2D eigenvalue weighted by Crippen LogP contribution is -2.22. The highest BCUT2D eigenvalue weighted by atomic mass is 28.3. The van der Waals surface area contributed by atoms with Crippen LogP contribution < -0.4 is 4.74 Å². The molecule has 8 nitrogen and oxygen atoms in total. The lowest BCUT2D eigenvalue weighted by molar-refractivity contribution is 0.0881. The second-order valence-corrected chi connectivity index (χ2v) is 15.4. The average Bonchev–Trinajstić information content (AvgIpc) is 3.46. The molecule has 3 aromatic heterocycles. The van der Waals surface area contributed by atoms with Crippen LogP contribution in [0.5, 0.6) is 11.5 Å². The number of hydrogen-bond donors (Lipinski definition) is 1. The number of nitrogens with zero attached hydrogens (tertiary/aromatic N) is 5. The Bertz CT molecular complexity index is 1550. The Morgan fingerprint density at radius 2 is 1.86 bits per heavy atom. The molecule has 0 radical (unpaired) electrons. The van der Waals surface area contributed by atoms with Gasteiger partial charge in [0.15, 0.2) is 11.6 Å². The smallest absolute Gasteiger partial charge is 0.200 e. The molecule has 36 heavy (non-hydrogen) atoms. The normalized spacial score (nSPS) is 12.1. The number of aryl methyl sites for hydroxylation is 1. The molecule has 2 aromatic carbocycles. The third kappa shape index (κ3) is 4.84. The molecule has 3 heterocycles. The van der Waals surface area contributed by atoms with Gasteiger partial charge in [-0.15, -0.1) is 0 Å². The van der Waals surface area contributed by atoms with E-state index >= 15 is 4.39 Å². The molecular weight excluding hydrogens is 482 g/mol. The van der Waals surface area contributed by atoms with Crippen molar-refractivity contribution in [2.45, 2.75) is 39.3 Å². The summed E-state index contributed by atoms with van der Waals surface area (Å²) in [5, 5.41) is 6.66. The summed E-state index contributed by atoms with van der Waals surface area (Å²) in [4.78, 5) is 13.3. The summed E-state index contributed by atoms with van der Waals surface area (Å²) >= 11 is 0. The molecule has 186 valence electrons. The van der Waals surface area contributed by atoms with Gasteiger partial charge in [0.25, 0.3) is 0 Å². The van der Waals surface area contributed by atoms with E-state index in [4.69, 9.17) is 9.47 Å². The number of hydrogen-bond acceptors (Lipinski definition) is 6. The SMILES string of the molecule is Cc1nc2cc(F)c(Oc3ccc4ncc(-c5cn[nH]c5)nc4c3)c(F)c2n1COCC[Si](C)(C)C. The average molecular weight is 509 g/mol. The van der Waals surface area contributed by atoms with Gasteiger partial charge in [-0.05, 0) is 25.1 Å². The summed E-state index contributed by atoms with van der Waals surface area (Å²) in [6.45, 7) is 9.21. The third-order valence-corrected chi connectivity index (χ3v) is 7.52. The summed E-state index contributed by atoms with van der Waals surface area (Å²) in [6.07, 6.45) is 4.97. The van der Waals surface area contributed by atoms with Crippen molar-refractivity contribution in [3.05, 3.63) is 60.3 Å². The first-order valence-corrected chi connectivity index (χ1v) is 15.3. The first kappa shape index (κ1) is 24.0. The highest BCUT2D eigenvalue weighted by molar-refractivity contribution is 6.76. The molecule has 0 unspecified atom stereocenters. The minimum atomic E-state index is -1.26. The molecule has 0 amide bonds. The van der Waals surface area contributed by atoms with Crippen molar-refractivity contribution >= 4 is 30.1 Å². The zero-order valence-corrected chi connectivity index (χ0v) is 21.5. The summed E-state index contributed by atoms with van der Waals surface area (Å²) < 4.78 is 43.7. The molecule has 0 aliphatic rings. The van der Waals surface area contributed by atoms with Crippen LogP contribution in [-0.2, 0) is 11.5 Å². The molecule has 1 N–H and O–H groups in total. The Morgan fingerprint density at radius 1 is 1.03 bits per heavy atom. The number of nitrogens with one attached hydrogen (secondary N) is 1. The molecule has 0 atom stereocenters. The van der Waals surface area contributed by atoms with E-state index in [9.17, 15) is 4.39 Å². The quantitative estimate of drug-likeness (QED) is 0.202. The Labute approximate surface area is 207 Å². The second kappa shape index (κ2) is 9.39. The maximum absolute atomic E-state index is 15.6. The molecule has 0 aliphatic heterocycles. The maximum atomic E-state index is 15.6. The molecule has 5 aromatic rings. The molecule has 0 fully saturated rings. The maximum Gasteiger partial charge on any atom is 0.200 e. The standard InChI is InChI=1S/C25H26F2N6O2Si/c1-15-31-21-10-18(26)25(23(27)24(21)33(15)14-34-7-8-36(2,3)4)35-17-5-6-19-20(9-17)32-22(13-28-19)16-11-29-30-12-16/h5-6,9-13H,7-8,14H2,1-4H3,(H,29,30). The number of benzene rings is 2. The van der Waals surface area contributed by atoms with Gasteiger partial charge in [-0.1, -0.05) is 19.6 Å². The first-order valence-electron chi connectivity index (χ1n) is 11.6. The van der Waals surface area contributed by atoms with Gasteiger partial charge < -0.3 is 14.0 Å².